The average Bonchev–Trinajstić information content (AvgIpc) is 2.31. The van der Waals surface area contributed by atoms with Gasteiger partial charge in [-0.2, -0.15) is 0 Å². The summed E-state index contributed by atoms with van der Waals surface area (Å²) < 4.78 is 5.52. The molecule has 2 atom stereocenters. The largest absolute Gasteiger partial charge is 0.379 e. The van der Waals surface area contributed by atoms with E-state index < -0.39 is 0 Å². The van der Waals surface area contributed by atoms with Crippen LogP contribution in [0.4, 0.5) is 0 Å². The van der Waals surface area contributed by atoms with Crippen LogP contribution in [0.15, 0.2) is 0 Å². The van der Waals surface area contributed by atoms with Crippen LogP contribution in [0.2, 0.25) is 0 Å². The molecule has 0 spiro atoms. The molecule has 11 heavy (non-hydrogen) atoms. The van der Waals surface area contributed by atoms with Gasteiger partial charge in [-0.3, -0.25) is 0 Å². The number of nitrogens with two attached hydrogens (primary N) is 1. The Bertz CT molecular complexity index is 114. The van der Waals surface area contributed by atoms with Gasteiger partial charge < -0.3 is 10.5 Å². The maximum absolute atomic E-state index is 5.78. The first-order valence-electron chi connectivity index (χ1n) is 4.55. The minimum Gasteiger partial charge on any atom is -0.379 e. The van der Waals surface area contributed by atoms with Crippen LogP contribution in [-0.2, 0) is 4.74 Å². The van der Waals surface area contributed by atoms with Gasteiger partial charge in [0.2, 0.25) is 0 Å². The Kier molecular flexibility index (Phi) is 3.34. The van der Waals surface area contributed by atoms with Gasteiger partial charge in [0.25, 0.3) is 0 Å². The Morgan fingerprint density at radius 1 is 1.45 bits per heavy atom. The lowest BCUT2D eigenvalue weighted by Gasteiger charge is -2.12. The predicted molar refractivity (Wildman–Crippen MR) is 46.4 cm³/mol. The van der Waals surface area contributed by atoms with Gasteiger partial charge in [0.05, 0.1) is 6.10 Å². The van der Waals surface area contributed by atoms with Gasteiger partial charge in [-0.05, 0) is 39.0 Å². The van der Waals surface area contributed by atoms with E-state index in [1.54, 1.807) is 0 Å². The van der Waals surface area contributed by atoms with Gasteiger partial charge in [0.15, 0.2) is 0 Å². The lowest BCUT2D eigenvalue weighted by molar-refractivity contribution is 0.0524. The van der Waals surface area contributed by atoms with E-state index in [0.717, 1.165) is 18.9 Å². The molecule has 0 bridgehead atoms. The van der Waals surface area contributed by atoms with Crippen LogP contribution in [0, 0.1) is 5.92 Å². The van der Waals surface area contributed by atoms with Crippen LogP contribution < -0.4 is 5.73 Å². The topological polar surface area (TPSA) is 35.2 Å². The van der Waals surface area contributed by atoms with E-state index in [1.165, 1.54) is 12.8 Å². The molecule has 0 radical (unpaired) electrons. The van der Waals surface area contributed by atoms with Crippen molar-refractivity contribution in [2.24, 2.45) is 11.7 Å². The molecule has 0 heterocycles. The van der Waals surface area contributed by atoms with E-state index in [1.807, 2.05) is 0 Å². The molecule has 1 saturated carbocycles. The Morgan fingerprint density at radius 3 is 2.64 bits per heavy atom. The minimum absolute atomic E-state index is 0.367. The molecule has 0 aliphatic heterocycles. The standard InChI is InChI=1S/C9H19NO/c1-7(2)11-6-8-3-4-9(10)5-8/h7-9H,3-6,10H2,1-2H3. The van der Waals surface area contributed by atoms with Crippen molar-refractivity contribution >= 4 is 0 Å². The molecule has 1 aliphatic rings. The molecule has 1 rings (SSSR count). The lowest BCUT2D eigenvalue weighted by atomic mass is 10.1. The minimum atomic E-state index is 0.367. The Hall–Kier alpha value is -0.0800. The van der Waals surface area contributed by atoms with Crippen LogP contribution in [0.25, 0.3) is 0 Å². The predicted octanol–water partition coefficient (Wildman–Crippen LogP) is 1.54. The van der Waals surface area contributed by atoms with Gasteiger partial charge in [0.1, 0.15) is 0 Å². The Labute approximate surface area is 69.1 Å². The zero-order chi connectivity index (χ0) is 8.27. The van der Waals surface area contributed by atoms with E-state index in [9.17, 15) is 0 Å². The molecular weight excluding hydrogens is 138 g/mol. The van der Waals surface area contributed by atoms with Crippen molar-refractivity contribution in [3.63, 3.8) is 0 Å². The molecule has 0 aromatic heterocycles. The maximum atomic E-state index is 5.78. The van der Waals surface area contributed by atoms with Crippen LogP contribution >= 0.6 is 0 Å². The number of rotatable bonds is 3. The van der Waals surface area contributed by atoms with E-state index in [2.05, 4.69) is 13.8 Å². The molecule has 2 nitrogen and oxygen atoms in total. The summed E-state index contributed by atoms with van der Waals surface area (Å²) in [5.41, 5.74) is 5.78. The van der Waals surface area contributed by atoms with E-state index >= 15 is 0 Å². The Balaban J connectivity index is 2.08. The molecule has 2 N–H and O–H groups in total. The first-order chi connectivity index (χ1) is 5.18. The molecule has 0 aromatic carbocycles. The Morgan fingerprint density at radius 2 is 2.18 bits per heavy atom. The average molecular weight is 157 g/mol. The third-order valence-electron chi connectivity index (χ3n) is 2.25. The van der Waals surface area contributed by atoms with Gasteiger partial charge >= 0.3 is 0 Å². The highest BCUT2D eigenvalue weighted by molar-refractivity contribution is 4.77. The molecule has 1 aliphatic carbocycles. The van der Waals surface area contributed by atoms with Gasteiger partial charge in [-0.1, -0.05) is 0 Å². The fourth-order valence-corrected chi connectivity index (χ4v) is 1.59. The van der Waals surface area contributed by atoms with Crippen molar-refractivity contribution in [1.82, 2.24) is 0 Å². The zero-order valence-electron chi connectivity index (χ0n) is 7.55. The second kappa shape index (κ2) is 4.07. The van der Waals surface area contributed by atoms with Crippen LogP contribution in [-0.4, -0.2) is 18.8 Å². The van der Waals surface area contributed by atoms with Crippen molar-refractivity contribution in [1.29, 1.82) is 0 Å². The van der Waals surface area contributed by atoms with Crippen LogP contribution in [0.5, 0.6) is 0 Å². The van der Waals surface area contributed by atoms with Crippen molar-refractivity contribution in [3.05, 3.63) is 0 Å². The summed E-state index contributed by atoms with van der Waals surface area (Å²) in [5, 5.41) is 0. The smallest absolute Gasteiger partial charge is 0.0519 e. The van der Waals surface area contributed by atoms with E-state index in [4.69, 9.17) is 10.5 Å². The molecule has 0 aromatic rings. The van der Waals surface area contributed by atoms with Crippen LogP contribution in [0.3, 0.4) is 0 Å². The van der Waals surface area contributed by atoms with Crippen molar-refractivity contribution in [2.45, 2.75) is 45.3 Å². The van der Waals surface area contributed by atoms with E-state index in [0.29, 0.717) is 12.1 Å². The van der Waals surface area contributed by atoms with Crippen molar-refractivity contribution in [3.8, 4) is 0 Å². The summed E-state index contributed by atoms with van der Waals surface area (Å²) in [5.74, 6) is 0.729. The quantitative estimate of drug-likeness (QED) is 0.674. The van der Waals surface area contributed by atoms with Crippen molar-refractivity contribution < 1.29 is 4.74 Å². The third kappa shape index (κ3) is 3.21. The first kappa shape index (κ1) is 9.01. The maximum Gasteiger partial charge on any atom is 0.0519 e. The number of hydrogen-bond acceptors (Lipinski definition) is 2. The normalized spacial score (nSPS) is 31.6. The number of hydrogen-bond donors (Lipinski definition) is 1. The second-order valence-electron chi connectivity index (χ2n) is 3.82. The molecule has 1 fully saturated rings. The summed E-state index contributed by atoms with van der Waals surface area (Å²) >= 11 is 0. The highest BCUT2D eigenvalue weighted by Crippen LogP contribution is 2.24. The SMILES string of the molecule is CC(C)OCC1CCC(N)C1. The fourth-order valence-electron chi connectivity index (χ4n) is 1.59. The summed E-state index contributed by atoms with van der Waals surface area (Å²) in [6, 6.07) is 0.441. The summed E-state index contributed by atoms with van der Waals surface area (Å²) in [6.45, 7) is 5.06. The lowest BCUT2D eigenvalue weighted by Crippen LogP contribution is -2.17. The van der Waals surface area contributed by atoms with Gasteiger partial charge in [-0.25, -0.2) is 0 Å². The molecular formula is C9H19NO. The van der Waals surface area contributed by atoms with E-state index in [-0.39, 0.29) is 0 Å². The zero-order valence-corrected chi connectivity index (χ0v) is 7.55. The molecule has 0 amide bonds. The highest BCUT2D eigenvalue weighted by Gasteiger charge is 2.21. The molecule has 0 saturated heterocycles. The first-order valence-corrected chi connectivity index (χ1v) is 4.55. The third-order valence-corrected chi connectivity index (χ3v) is 2.25. The number of ether oxygens (including phenoxy) is 1. The second-order valence-corrected chi connectivity index (χ2v) is 3.82. The molecule has 66 valence electrons. The van der Waals surface area contributed by atoms with Crippen molar-refractivity contribution in [2.75, 3.05) is 6.61 Å². The summed E-state index contributed by atoms with van der Waals surface area (Å²) in [4.78, 5) is 0. The monoisotopic (exact) mass is 157 g/mol. The van der Waals surface area contributed by atoms with Gasteiger partial charge in [0, 0.05) is 12.6 Å². The fraction of sp³-hybridized carbons (Fsp3) is 1.00. The summed E-state index contributed by atoms with van der Waals surface area (Å²) in [7, 11) is 0. The summed E-state index contributed by atoms with van der Waals surface area (Å²) in [6.07, 6.45) is 3.97. The molecule has 2 unspecified atom stereocenters. The highest BCUT2D eigenvalue weighted by atomic mass is 16.5. The van der Waals surface area contributed by atoms with Crippen LogP contribution in [0.1, 0.15) is 33.1 Å². The molecule has 2 heteroatoms. The van der Waals surface area contributed by atoms with Gasteiger partial charge in [-0.15, -0.1) is 0 Å².